The maximum atomic E-state index is 13.0. The molecular weight excluding hydrogens is 446 g/mol. The first-order valence-corrected chi connectivity index (χ1v) is 11.7. The van der Waals surface area contributed by atoms with Gasteiger partial charge in [0.2, 0.25) is 0 Å². The predicted molar refractivity (Wildman–Crippen MR) is 121 cm³/mol. The molecule has 0 saturated carbocycles. The highest BCUT2D eigenvalue weighted by Crippen LogP contribution is 2.43. The minimum Gasteiger partial charge on any atom is -0.451 e. The second kappa shape index (κ2) is 6.67. The monoisotopic (exact) mass is 459 g/mol. The van der Waals surface area contributed by atoms with E-state index in [9.17, 15) is 9.59 Å². The van der Waals surface area contributed by atoms with Gasteiger partial charge in [0.15, 0.2) is 0 Å². The molecule has 8 heteroatoms. The average molecular weight is 460 g/mol. The third kappa shape index (κ3) is 3.09. The van der Waals surface area contributed by atoms with Crippen molar-refractivity contribution < 1.29 is 14.3 Å². The molecule has 0 unspecified atom stereocenters. The summed E-state index contributed by atoms with van der Waals surface area (Å²) in [5.41, 5.74) is 1.85. The number of esters is 1. The number of anilines is 1. The third-order valence-electron chi connectivity index (χ3n) is 4.86. The van der Waals surface area contributed by atoms with Gasteiger partial charge in [-0.2, -0.15) is 0 Å². The number of hydrogen-bond acceptors (Lipinski definition) is 6. The normalized spacial score (nSPS) is 14.8. The molecule has 1 aliphatic rings. The Morgan fingerprint density at radius 2 is 1.97 bits per heavy atom. The molecule has 29 heavy (non-hydrogen) atoms. The molecule has 3 aromatic heterocycles. The number of benzene rings is 1. The third-order valence-corrected chi connectivity index (χ3v) is 8.18. The van der Waals surface area contributed by atoms with Gasteiger partial charge in [0.05, 0.1) is 4.88 Å². The topological polar surface area (TPSA) is 55.4 Å². The van der Waals surface area contributed by atoms with Gasteiger partial charge in [-0.05, 0) is 49.1 Å². The van der Waals surface area contributed by atoms with Crippen LogP contribution < -0.4 is 5.32 Å². The van der Waals surface area contributed by atoms with E-state index in [1.807, 2.05) is 54.9 Å². The van der Waals surface area contributed by atoms with E-state index in [0.29, 0.717) is 20.5 Å². The van der Waals surface area contributed by atoms with Crippen LogP contribution >= 0.6 is 45.6 Å². The summed E-state index contributed by atoms with van der Waals surface area (Å²) >= 11 is 10.7. The van der Waals surface area contributed by atoms with E-state index in [0.717, 1.165) is 26.1 Å². The van der Waals surface area contributed by atoms with E-state index in [4.69, 9.17) is 16.3 Å². The van der Waals surface area contributed by atoms with E-state index in [1.54, 1.807) is 11.3 Å². The van der Waals surface area contributed by atoms with Gasteiger partial charge in [-0.15, -0.1) is 34.0 Å². The minimum absolute atomic E-state index is 0.228. The summed E-state index contributed by atoms with van der Waals surface area (Å²) in [6, 6.07) is 9.51. The van der Waals surface area contributed by atoms with Gasteiger partial charge in [0.25, 0.3) is 5.91 Å². The molecule has 1 aliphatic heterocycles. The Labute approximate surface area is 183 Å². The number of halogens is 1. The summed E-state index contributed by atoms with van der Waals surface area (Å²) in [6.45, 7) is 3.62. The van der Waals surface area contributed by atoms with Crippen LogP contribution in [-0.2, 0) is 10.3 Å². The number of fused-ring (bicyclic) bond motifs is 5. The predicted octanol–water partition coefficient (Wildman–Crippen LogP) is 7.00. The number of ether oxygens (including phenoxy) is 1. The van der Waals surface area contributed by atoms with Gasteiger partial charge in [-0.3, -0.25) is 4.79 Å². The molecule has 5 rings (SSSR count). The summed E-state index contributed by atoms with van der Waals surface area (Å²) < 4.78 is 7.94. The van der Waals surface area contributed by atoms with Crippen LogP contribution in [0.15, 0.2) is 41.1 Å². The smallest absolute Gasteiger partial charge is 0.342 e. The Morgan fingerprint density at radius 3 is 2.76 bits per heavy atom. The first-order valence-electron chi connectivity index (χ1n) is 8.77. The fourth-order valence-corrected chi connectivity index (χ4v) is 6.70. The maximum absolute atomic E-state index is 13.0. The van der Waals surface area contributed by atoms with Crippen LogP contribution in [0.1, 0.15) is 39.4 Å². The van der Waals surface area contributed by atoms with Crippen LogP contribution in [0.25, 0.3) is 20.5 Å². The average Bonchev–Trinajstić information content (AvgIpc) is 3.34. The number of rotatable bonds is 2. The Kier molecular flexibility index (Phi) is 4.33. The van der Waals surface area contributed by atoms with Crippen molar-refractivity contribution in [3.63, 3.8) is 0 Å². The van der Waals surface area contributed by atoms with E-state index in [-0.39, 0.29) is 5.91 Å². The van der Waals surface area contributed by atoms with Crippen LogP contribution in [0.5, 0.6) is 0 Å². The first-order chi connectivity index (χ1) is 13.8. The number of amides is 1. The van der Waals surface area contributed by atoms with Gasteiger partial charge >= 0.3 is 5.97 Å². The van der Waals surface area contributed by atoms with Crippen molar-refractivity contribution in [3.05, 3.63) is 62.1 Å². The van der Waals surface area contributed by atoms with Crippen molar-refractivity contribution in [2.75, 3.05) is 5.32 Å². The lowest BCUT2D eigenvalue weighted by Gasteiger charge is -2.29. The molecule has 4 aromatic rings. The minimum atomic E-state index is -0.886. The highest BCUT2D eigenvalue weighted by molar-refractivity contribution is 7.28. The van der Waals surface area contributed by atoms with Crippen LogP contribution in [0.2, 0.25) is 5.02 Å². The molecule has 4 nitrogen and oxygen atoms in total. The lowest BCUT2D eigenvalue weighted by Crippen LogP contribution is -2.28. The molecule has 0 fully saturated rings. The molecule has 0 saturated heterocycles. The van der Waals surface area contributed by atoms with Crippen LogP contribution in [0, 0.1) is 0 Å². The lowest BCUT2D eigenvalue weighted by atomic mass is 9.91. The molecule has 0 radical (unpaired) electrons. The van der Waals surface area contributed by atoms with Crippen LogP contribution in [0.4, 0.5) is 5.00 Å². The molecule has 0 atom stereocenters. The van der Waals surface area contributed by atoms with Crippen molar-refractivity contribution in [1.29, 1.82) is 0 Å². The zero-order valence-corrected chi connectivity index (χ0v) is 18.6. The molecule has 1 amide bonds. The number of carbonyl (C=O) groups excluding carboxylic acids is 2. The fraction of sp³-hybridized carbons (Fsp3) is 0.143. The number of cyclic esters (lactones) is 1. The number of carbonyl (C=O) groups is 2. The summed E-state index contributed by atoms with van der Waals surface area (Å²) in [4.78, 5) is 26.5. The molecule has 1 aromatic carbocycles. The van der Waals surface area contributed by atoms with E-state index < -0.39 is 11.6 Å². The van der Waals surface area contributed by atoms with Gasteiger partial charge in [0, 0.05) is 30.9 Å². The van der Waals surface area contributed by atoms with E-state index in [1.165, 1.54) is 22.7 Å². The van der Waals surface area contributed by atoms with Crippen LogP contribution in [-0.4, -0.2) is 11.9 Å². The van der Waals surface area contributed by atoms with Crippen molar-refractivity contribution in [2.24, 2.45) is 0 Å². The van der Waals surface area contributed by atoms with E-state index >= 15 is 0 Å². The maximum Gasteiger partial charge on any atom is 0.342 e. The second-order valence-electron chi connectivity index (χ2n) is 7.16. The molecular formula is C21H14ClNO3S3. The zero-order chi connectivity index (χ0) is 20.3. The van der Waals surface area contributed by atoms with Crippen molar-refractivity contribution in [3.8, 4) is 11.1 Å². The summed E-state index contributed by atoms with van der Waals surface area (Å²) in [6.07, 6.45) is 0. The quantitative estimate of drug-likeness (QED) is 0.328. The molecule has 0 spiro atoms. The lowest BCUT2D eigenvalue weighted by molar-refractivity contribution is -0.00303. The Hall–Kier alpha value is -2.19. The van der Waals surface area contributed by atoms with Gasteiger partial charge < -0.3 is 10.1 Å². The molecule has 0 aliphatic carbocycles. The molecule has 2 bridgehead atoms. The molecule has 146 valence electrons. The SMILES string of the molecule is CC1(C)OC(=O)c2c(csc2NC(=O)c2cc3sccc3s2)-c2ccc(Cl)c1c2. The summed E-state index contributed by atoms with van der Waals surface area (Å²) in [7, 11) is 0. The Bertz CT molecular complexity index is 1270. The standard InChI is InChI=1S/C21H14ClNO3S3/c1-21(2)12-7-10(3-4-13(12)22)11-9-28-19(17(11)20(25)26-21)23-18(24)16-8-15-14(29-16)5-6-27-15/h3-9H,1-2H3,(H,23,24). The fourth-order valence-electron chi connectivity index (χ4n) is 3.40. The Balaban J connectivity index is 1.57. The van der Waals surface area contributed by atoms with Crippen LogP contribution in [0.3, 0.4) is 0 Å². The Morgan fingerprint density at radius 1 is 1.14 bits per heavy atom. The largest absolute Gasteiger partial charge is 0.451 e. The van der Waals surface area contributed by atoms with Crippen molar-refractivity contribution in [1.82, 2.24) is 0 Å². The summed E-state index contributed by atoms with van der Waals surface area (Å²) in [5.74, 6) is -0.703. The van der Waals surface area contributed by atoms with E-state index in [2.05, 4.69) is 5.32 Å². The van der Waals surface area contributed by atoms with Gasteiger partial charge in [0.1, 0.15) is 16.2 Å². The van der Waals surface area contributed by atoms with Gasteiger partial charge in [-0.25, -0.2) is 4.79 Å². The number of hydrogen-bond donors (Lipinski definition) is 1. The van der Waals surface area contributed by atoms with Gasteiger partial charge in [-0.1, -0.05) is 17.7 Å². The highest BCUT2D eigenvalue weighted by atomic mass is 35.5. The zero-order valence-electron chi connectivity index (χ0n) is 15.4. The highest BCUT2D eigenvalue weighted by Gasteiger charge is 2.34. The second-order valence-corrected chi connectivity index (χ2v) is 10.5. The van der Waals surface area contributed by atoms with Crippen molar-refractivity contribution >= 4 is 71.9 Å². The molecule has 4 heterocycles. The first kappa shape index (κ1) is 18.8. The summed E-state index contributed by atoms with van der Waals surface area (Å²) in [5, 5.41) is 7.82. The number of nitrogens with one attached hydrogen (secondary N) is 1. The number of thiophene rings is 3. The van der Waals surface area contributed by atoms with Crippen molar-refractivity contribution in [2.45, 2.75) is 19.4 Å². The molecule has 1 N–H and O–H groups in total.